The van der Waals surface area contributed by atoms with Crippen LogP contribution in [0.1, 0.15) is 16.1 Å². The zero-order valence-electron chi connectivity index (χ0n) is 9.58. The second-order valence-corrected chi connectivity index (χ2v) is 5.85. The molecule has 0 fully saturated rings. The number of carbonyl (C=O) groups excluding carboxylic acids is 1. The third-order valence-corrected chi connectivity index (χ3v) is 3.72. The minimum Gasteiger partial charge on any atom is -0.320 e. The third-order valence-electron chi connectivity index (χ3n) is 2.41. The molecule has 2 rings (SSSR count). The van der Waals surface area contributed by atoms with Crippen LogP contribution in [-0.4, -0.2) is 10.9 Å². The van der Waals surface area contributed by atoms with Crippen LogP contribution in [0.2, 0.25) is 0 Å². The first-order valence-electron chi connectivity index (χ1n) is 5.26. The molecule has 1 heterocycles. The summed E-state index contributed by atoms with van der Waals surface area (Å²) in [6, 6.07) is 9.44. The van der Waals surface area contributed by atoms with E-state index in [2.05, 4.69) is 48.8 Å². The van der Waals surface area contributed by atoms with E-state index in [-0.39, 0.29) is 5.91 Å². The molecule has 1 aromatic heterocycles. The summed E-state index contributed by atoms with van der Waals surface area (Å²) in [6.45, 7) is 1.96. The molecule has 0 bridgehead atoms. The lowest BCUT2D eigenvalue weighted by atomic mass is 10.2. The molecule has 0 spiro atoms. The van der Waals surface area contributed by atoms with E-state index in [4.69, 9.17) is 0 Å². The summed E-state index contributed by atoms with van der Waals surface area (Å²) in [6.07, 6.45) is 1.60. The SMILES string of the molecule is Cc1cc(I)ccc1NC(=O)c1ncccc1Br. The molecule has 1 N–H and O–H groups in total. The average molecular weight is 417 g/mol. The summed E-state index contributed by atoms with van der Waals surface area (Å²) in [5.74, 6) is -0.216. The largest absolute Gasteiger partial charge is 0.320 e. The number of hydrogen-bond donors (Lipinski definition) is 1. The van der Waals surface area contributed by atoms with Gasteiger partial charge in [-0.2, -0.15) is 0 Å². The van der Waals surface area contributed by atoms with Crippen LogP contribution in [0.3, 0.4) is 0 Å². The molecule has 92 valence electrons. The number of anilines is 1. The van der Waals surface area contributed by atoms with Gasteiger partial charge in [-0.3, -0.25) is 4.79 Å². The number of rotatable bonds is 2. The lowest BCUT2D eigenvalue weighted by Gasteiger charge is -2.09. The van der Waals surface area contributed by atoms with Crippen molar-refractivity contribution in [3.05, 3.63) is 55.8 Å². The molecular weight excluding hydrogens is 407 g/mol. The van der Waals surface area contributed by atoms with Crippen molar-refractivity contribution >= 4 is 50.1 Å². The zero-order chi connectivity index (χ0) is 13.1. The Hall–Kier alpha value is -0.950. The van der Waals surface area contributed by atoms with Gasteiger partial charge in [-0.1, -0.05) is 0 Å². The van der Waals surface area contributed by atoms with Crippen molar-refractivity contribution in [2.45, 2.75) is 6.92 Å². The number of carbonyl (C=O) groups is 1. The molecule has 0 radical (unpaired) electrons. The highest BCUT2D eigenvalue weighted by atomic mass is 127. The number of aryl methyl sites for hydroxylation is 1. The molecule has 0 atom stereocenters. The molecule has 0 aliphatic rings. The van der Waals surface area contributed by atoms with Gasteiger partial charge < -0.3 is 5.32 Å². The fourth-order valence-electron chi connectivity index (χ4n) is 1.50. The van der Waals surface area contributed by atoms with E-state index >= 15 is 0 Å². The Morgan fingerprint density at radius 2 is 2.17 bits per heavy atom. The van der Waals surface area contributed by atoms with Crippen molar-refractivity contribution in [2.24, 2.45) is 0 Å². The zero-order valence-corrected chi connectivity index (χ0v) is 13.3. The van der Waals surface area contributed by atoms with E-state index in [0.29, 0.717) is 10.2 Å². The minimum atomic E-state index is -0.216. The molecule has 3 nitrogen and oxygen atoms in total. The molecule has 18 heavy (non-hydrogen) atoms. The van der Waals surface area contributed by atoms with Gasteiger partial charge in [0.2, 0.25) is 0 Å². The summed E-state index contributed by atoms with van der Waals surface area (Å²) in [5, 5.41) is 2.86. The van der Waals surface area contributed by atoms with E-state index < -0.39 is 0 Å². The van der Waals surface area contributed by atoms with Gasteiger partial charge in [0.1, 0.15) is 5.69 Å². The predicted octanol–water partition coefficient (Wildman–Crippen LogP) is 4.01. The average Bonchev–Trinajstić information content (AvgIpc) is 2.33. The Kier molecular flexibility index (Phi) is 4.34. The monoisotopic (exact) mass is 416 g/mol. The van der Waals surface area contributed by atoms with Gasteiger partial charge in [-0.15, -0.1) is 0 Å². The van der Waals surface area contributed by atoms with Gasteiger partial charge in [0.25, 0.3) is 5.91 Å². The summed E-state index contributed by atoms with van der Waals surface area (Å²) in [5.41, 5.74) is 2.22. The fourth-order valence-corrected chi connectivity index (χ4v) is 2.58. The summed E-state index contributed by atoms with van der Waals surface area (Å²) >= 11 is 5.56. The van der Waals surface area contributed by atoms with Crippen LogP contribution < -0.4 is 5.32 Å². The molecule has 0 aliphatic carbocycles. The molecule has 0 saturated carbocycles. The van der Waals surface area contributed by atoms with Crippen LogP contribution in [-0.2, 0) is 0 Å². The lowest BCUT2D eigenvalue weighted by molar-refractivity contribution is 0.102. The first-order chi connectivity index (χ1) is 8.58. The van der Waals surface area contributed by atoms with Gasteiger partial charge >= 0.3 is 0 Å². The number of hydrogen-bond acceptors (Lipinski definition) is 2. The van der Waals surface area contributed by atoms with E-state index in [0.717, 1.165) is 14.8 Å². The van der Waals surface area contributed by atoms with Crippen molar-refractivity contribution in [3.8, 4) is 0 Å². The van der Waals surface area contributed by atoms with Crippen molar-refractivity contribution in [3.63, 3.8) is 0 Å². The first kappa shape index (κ1) is 13.5. The van der Waals surface area contributed by atoms with E-state index in [9.17, 15) is 4.79 Å². The topological polar surface area (TPSA) is 42.0 Å². The van der Waals surface area contributed by atoms with Gasteiger partial charge in [-0.25, -0.2) is 4.98 Å². The van der Waals surface area contributed by atoms with Gasteiger partial charge in [0.05, 0.1) is 0 Å². The number of nitrogens with zero attached hydrogens (tertiary/aromatic N) is 1. The van der Waals surface area contributed by atoms with Gasteiger partial charge in [0, 0.05) is 19.9 Å². The molecule has 1 amide bonds. The highest BCUT2D eigenvalue weighted by Gasteiger charge is 2.12. The normalized spacial score (nSPS) is 10.2. The van der Waals surface area contributed by atoms with E-state index in [1.54, 1.807) is 18.3 Å². The maximum atomic E-state index is 12.1. The highest BCUT2D eigenvalue weighted by molar-refractivity contribution is 14.1. The summed E-state index contributed by atoms with van der Waals surface area (Å²) in [4.78, 5) is 16.1. The number of pyridine rings is 1. The van der Waals surface area contributed by atoms with Crippen molar-refractivity contribution < 1.29 is 4.79 Å². The number of amides is 1. The van der Waals surface area contributed by atoms with Crippen LogP contribution in [0.5, 0.6) is 0 Å². The Morgan fingerprint density at radius 3 is 2.83 bits per heavy atom. The molecular formula is C13H10BrIN2O. The Balaban J connectivity index is 2.24. The smallest absolute Gasteiger partial charge is 0.275 e. The standard InChI is InChI=1S/C13H10BrIN2O/c1-8-7-9(15)4-5-11(8)17-13(18)12-10(14)3-2-6-16-12/h2-7H,1H3,(H,17,18). The van der Waals surface area contributed by atoms with Crippen molar-refractivity contribution in [1.82, 2.24) is 4.98 Å². The highest BCUT2D eigenvalue weighted by Crippen LogP contribution is 2.20. The Morgan fingerprint density at radius 1 is 1.39 bits per heavy atom. The molecule has 1 aromatic carbocycles. The minimum absolute atomic E-state index is 0.216. The first-order valence-corrected chi connectivity index (χ1v) is 7.13. The number of halogens is 2. The number of nitrogens with one attached hydrogen (secondary N) is 1. The van der Waals surface area contributed by atoms with Crippen LogP contribution in [0.4, 0.5) is 5.69 Å². The molecule has 0 saturated heterocycles. The molecule has 0 aliphatic heterocycles. The van der Waals surface area contributed by atoms with Crippen LogP contribution in [0, 0.1) is 10.5 Å². The van der Waals surface area contributed by atoms with Crippen LogP contribution >= 0.6 is 38.5 Å². The maximum Gasteiger partial charge on any atom is 0.275 e. The van der Waals surface area contributed by atoms with Gasteiger partial charge in [-0.05, 0) is 81.3 Å². The quantitative estimate of drug-likeness (QED) is 0.751. The summed E-state index contributed by atoms with van der Waals surface area (Å²) < 4.78 is 1.83. The Labute approximate surface area is 127 Å². The number of benzene rings is 1. The maximum absolute atomic E-state index is 12.1. The summed E-state index contributed by atoms with van der Waals surface area (Å²) in [7, 11) is 0. The fraction of sp³-hybridized carbons (Fsp3) is 0.0769. The predicted molar refractivity (Wildman–Crippen MR) is 83.8 cm³/mol. The van der Waals surface area contributed by atoms with Crippen LogP contribution in [0.15, 0.2) is 41.0 Å². The third kappa shape index (κ3) is 3.08. The van der Waals surface area contributed by atoms with E-state index in [1.165, 1.54) is 0 Å². The van der Waals surface area contributed by atoms with Crippen molar-refractivity contribution in [2.75, 3.05) is 5.32 Å². The van der Waals surface area contributed by atoms with E-state index in [1.807, 2.05) is 25.1 Å². The molecule has 5 heteroatoms. The second kappa shape index (κ2) is 5.79. The van der Waals surface area contributed by atoms with Crippen molar-refractivity contribution in [1.29, 1.82) is 0 Å². The van der Waals surface area contributed by atoms with Gasteiger partial charge in [0.15, 0.2) is 0 Å². The van der Waals surface area contributed by atoms with Crippen LogP contribution in [0.25, 0.3) is 0 Å². The molecule has 2 aromatic rings. The lowest BCUT2D eigenvalue weighted by Crippen LogP contribution is -2.15. The number of aromatic nitrogens is 1. The second-order valence-electron chi connectivity index (χ2n) is 3.75. The molecule has 0 unspecified atom stereocenters. The Bertz CT molecular complexity index is 601.